The minimum atomic E-state index is -0.129. The lowest BCUT2D eigenvalue weighted by molar-refractivity contribution is -0.123. The highest BCUT2D eigenvalue weighted by Gasteiger charge is 2.13. The first-order valence-electron chi connectivity index (χ1n) is 7.43. The fourth-order valence-electron chi connectivity index (χ4n) is 2.12. The van der Waals surface area contributed by atoms with Crippen LogP contribution in [0.25, 0.3) is 0 Å². The molecule has 118 valence electrons. The third kappa shape index (κ3) is 5.94. The van der Waals surface area contributed by atoms with Crippen LogP contribution in [0.2, 0.25) is 5.02 Å². The second kappa shape index (κ2) is 8.90. The van der Waals surface area contributed by atoms with Crippen molar-refractivity contribution in [2.45, 2.75) is 52.1 Å². The van der Waals surface area contributed by atoms with Crippen LogP contribution in [0.5, 0.6) is 5.75 Å². The van der Waals surface area contributed by atoms with E-state index in [1.807, 2.05) is 32.9 Å². The smallest absolute Gasteiger partial charge is 0.258 e. The van der Waals surface area contributed by atoms with Crippen LogP contribution in [0.4, 0.5) is 0 Å². The summed E-state index contributed by atoms with van der Waals surface area (Å²) >= 11 is 6.16. The van der Waals surface area contributed by atoms with Crippen LogP contribution in [0.15, 0.2) is 18.2 Å². The van der Waals surface area contributed by atoms with E-state index in [1.54, 1.807) is 6.07 Å². The average molecular weight is 313 g/mol. The number of hydrogen-bond acceptors (Lipinski definition) is 3. The van der Waals surface area contributed by atoms with Crippen LogP contribution in [-0.2, 0) is 11.2 Å². The van der Waals surface area contributed by atoms with Crippen molar-refractivity contribution < 1.29 is 9.53 Å². The Hall–Kier alpha value is -1.26. The van der Waals surface area contributed by atoms with Gasteiger partial charge in [-0.3, -0.25) is 4.79 Å². The van der Waals surface area contributed by atoms with E-state index in [4.69, 9.17) is 22.1 Å². The van der Waals surface area contributed by atoms with Crippen molar-refractivity contribution in [2.24, 2.45) is 5.73 Å². The number of hydrogen-bond donors (Lipinski definition) is 2. The van der Waals surface area contributed by atoms with E-state index in [2.05, 4.69) is 5.32 Å². The number of carbonyl (C=O) groups is 1. The molecule has 1 aromatic rings. The number of amides is 1. The van der Waals surface area contributed by atoms with Gasteiger partial charge in [-0.05, 0) is 37.8 Å². The van der Waals surface area contributed by atoms with Gasteiger partial charge in [-0.15, -0.1) is 0 Å². The van der Waals surface area contributed by atoms with Crippen molar-refractivity contribution in [3.63, 3.8) is 0 Å². The molecule has 1 aromatic carbocycles. The summed E-state index contributed by atoms with van der Waals surface area (Å²) in [5.41, 5.74) is 6.75. The molecule has 0 bridgehead atoms. The van der Waals surface area contributed by atoms with E-state index < -0.39 is 0 Å². The summed E-state index contributed by atoms with van der Waals surface area (Å²) in [7, 11) is 0. The monoisotopic (exact) mass is 312 g/mol. The lowest BCUT2D eigenvalue weighted by Crippen LogP contribution is -2.37. The lowest BCUT2D eigenvalue weighted by atomic mass is 10.1. The highest BCUT2D eigenvalue weighted by Crippen LogP contribution is 2.29. The zero-order valence-corrected chi connectivity index (χ0v) is 13.7. The molecule has 1 amide bonds. The minimum Gasteiger partial charge on any atom is -0.482 e. The van der Waals surface area contributed by atoms with Gasteiger partial charge in [0.1, 0.15) is 5.75 Å². The lowest BCUT2D eigenvalue weighted by Gasteiger charge is -2.17. The van der Waals surface area contributed by atoms with Crippen LogP contribution in [0, 0.1) is 0 Å². The minimum absolute atomic E-state index is 0.00389. The molecule has 0 aliphatic carbocycles. The van der Waals surface area contributed by atoms with Gasteiger partial charge in [-0.1, -0.05) is 37.6 Å². The molecule has 0 radical (unpaired) electrons. The molecule has 5 heteroatoms. The summed E-state index contributed by atoms with van der Waals surface area (Å²) in [5, 5.41) is 3.44. The molecule has 0 aliphatic rings. The van der Waals surface area contributed by atoms with Gasteiger partial charge in [0.15, 0.2) is 6.61 Å². The van der Waals surface area contributed by atoms with Crippen molar-refractivity contribution >= 4 is 17.5 Å². The Balaban J connectivity index is 2.68. The summed E-state index contributed by atoms with van der Waals surface area (Å²) in [6.07, 6.45) is 2.47. The Bertz CT molecular complexity index is 460. The fourth-order valence-corrected chi connectivity index (χ4v) is 2.37. The zero-order chi connectivity index (χ0) is 15.8. The Morgan fingerprint density at radius 3 is 2.62 bits per heavy atom. The highest BCUT2D eigenvalue weighted by atomic mass is 35.5. The molecule has 0 saturated carbocycles. The number of nitrogens with two attached hydrogens (primary N) is 1. The van der Waals surface area contributed by atoms with Crippen molar-refractivity contribution in [1.82, 2.24) is 5.32 Å². The summed E-state index contributed by atoms with van der Waals surface area (Å²) in [6, 6.07) is 5.72. The number of nitrogens with one attached hydrogen (secondary N) is 1. The van der Waals surface area contributed by atoms with Gasteiger partial charge in [0.05, 0.1) is 5.02 Å². The number of carbonyl (C=O) groups excluding carboxylic acids is 1. The van der Waals surface area contributed by atoms with Crippen molar-refractivity contribution in [3.05, 3.63) is 28.8 Å². The second-order valence-corrected chi connectivity index (χ2v) is 5.69. The van der Waals surface area contributed by atoms with Crippen molar-refractivity contribution in [3.8, 4) is 5.75 Å². The Morgan fingerprint density at radius 1 is 1.38 bits per heavy atom. The quantitative estimate of drug-likeness (QED) is 0.775. The van der Waals surface area contributed by atoms with E-state index in [9.17, 15) is 4.79 Å². The Morgan fingerprint density at radius 2 is 2.05 bits per heavy atom. The molecule has 1 atom stereocenters. The van der Waals surface area contributed by atoms with Crippen molar-refractivity contribution in [2.75, 3.05) is 6.61 Å². The van der Waals surface area contributed by atoms with Crippen LogP contribution >= 0.6 is 11.6 Å². The molecule has 0 fully saturated rings. The number of rotatable bonds is 8. The molecular formula is C16H25ClN2O2. The molecule has 1 unspecified atom stereocenters. The third-order valence-corrected chi connectivity index (χ3v) is 3.59. The normalized spacial score (nSPS) is 12.3. The molecular weight excluding hydrogens is 288 g/mol. The summed E-state index contributed by atoms with van der Waals surface area (Å²) < 4.78 is 5.62. The van der Waals surface area contributed by atoms with E-state index in [1.165, 1.54) is 0 Å². The maximum absolute atomic E-state index is 11.9. The van der Waals surface area contributed by atoms with Gasteiger partial charge < -0.3 is 15.8 Å². The number of halogens is 1. The van der Waals surface area contributed by atoms with Crippen LogP contribution in [0.3, 0.4) is 0 Å². The first kappa shape index (κ1) is 17.8. The van der Waals surface area contributed by atoms with Crippen molar-refractivity contribution in [1.29, 1.82) is 0 Å². The molecule has 0 spiro atoms. The molecule has 0 aliphatic heterocycles. The summed E-state index contributed by atoms with van der Waals surface area (Å²) in [4.78, 5) is 11.9. The fraction of sp³-hybridized carbons (Fsp3) is 0.562. The zero-order valence-electron chi connectivity index (χ0n) is 13.0. The third-order valence-electron chi connectivity index (χ3n) is 3.29. The van der Waals surface area contributed by atoms with Gasteiger partial charge in [0.2, 0.25) is 0 Å². The molecule has 0 heterocycles. The number of para-hydroxylation sites is 1. The standard InChI is InChI=1S/C16H25ClN2O2/c1-4-13(5-2)19-15(20)10-21-16-12(9-11(3)18)7-6-8-14(16)17/h6-8,11,13H,4-5,9-10,18H2,1-3H3,(H,19,20). The number of ether oxygens (including phenoxy) is 1. The number of benzene rings is 1. The Kier molecular flexibility index (Phi) is 7.54. The predicted octanol–water partition coefficient (Wildman–Crippen LogP) is 2.91. The van der Waals surface area contributed by atoms with E-state index in [0.717, 1.165) is 18.4 Å². The maximum Gasteiger partial charge on any atom is 0.258 e. The molecule has 21 heavy (non-hydrogen) atoms. The van der Waals surface area contributed by atoms with Crippen LogP contribution in [-0.4, -0.2) is 24.6 Å². The molecule has 0 aromatic heterocycles. The molecule has 4 nitrogen and oxygen atoms in total. The first-order valence-corrected chi connectivity index (χ1v) is 7.80. The van der Waals surface area contributed by atoms with Gasteiger partial charge in [0, 0.05) is 12.1 Å². The predicted molar refractivity (Wildman–Crippen MR) is 86.8 cm³/mol. The van der Waals surface area contributed by atoms with Gasteiger partial charge in [-0.2, -0.15) is 0 Å². The second-order valence-electron chi connectivity index (χ2n) is 5.28. The van der Waals surface area contributed by atoms with E-state index in [0.29, 0.717) is 17.2 Å². The first-order chi connectivity index (χ1) is 9.97. The molecule has 3 N–H and O–H groups in total. The Labute approximate surface area is 132 Å². The van der Waals surface area contributed by atoms with Gasteiger partial charge in [-0.25, -0.2) is 0 Å². The summed E-state index contributed by atoms with van der Waals surface area (Å²) in [5.74, 6) is 0.423. The van der Waals surface area contributed by atoms with E-state index in [-0.39, 0.29) is 24.6 Å². The maximum atomic E-state index is 11.9. The van der Waals surface area contributed by atoms with E-state index >= 15 is 0 Å². The summed E-state index contributed by atoms with van der Waals surface area (Å²) in [6.45, 7) is 5.98. The van der Waals surface area contributed by atoms with Crippen LogP contribution < -0.4 is 15.8 Å². The van der Waals surface area contributed by atoms with Gasteiger partial charge >= 0.3 is 0 Å². The molecule has 1 rings (SSSR count). The largest absolute Gasteiger partial charge is 0.482 e. The van der Waals surface area contributed by atoms with Gasteiger partial charge in [0.25, 0.3) is 5.91 Å². The SMILES string of the molecule is CCC(CC)NC(=O)COc1c(Cl)cccc1CC(C)N. The van der Waals surface area contributed by atoms with Crippen LogP contribution in [0.1, 0.15) is 39.2 Å². The molecule has 0 saturated heterocycles. The average Bonchev–Trinajstić information content (AvgIpc) is 2.43. The topological polar surface area (TPSA) is 64.3 Å². The highest BCUT2D eigenvalue weighted by molar-refractivity contribution is 6.32.